The van der Waals surface area contributed by atoms with Gasteiger partial charge in [0.15, 0.2) is 5.65 Å². The Kier molecular flexibility index (Phi) is 5.65. The standard InChI is InChI=1S/C22H27N5O3/c1-14(2)17-10-9-15(3)11-19(17)30-20(28)13-26-22(29)18-12-23-27(21(18)24-25-26)16-7-5-4-6-8-16/h4-8,12,14-15,17,19H,9-11,13H2,1-3H3/t15-,17-,19+/m0/s1. The van der Waals surface area contributed by atoms with Gasteiger partial charge in [0.25, 0.3) is 5.56 Å². The van der Waals surface area contributed by atoms with Crippen molar-refractivity contribution >= 4 is 17.0 Å². The van der Waals surface area contributed by atoms with Crippen molar-refractivity contribution in [2.24, 2.45) is 17.8 Å². The van der Waals surface area contributed by atoms with Gasteiger partial charge in [0, 0.05) is 0 Å². The van der Waals surface area contributed by atoms with Crippen molar-refractivity contribution in [3.63, 3.8) is 0 Å². The molecule has 1 fully saturated rings. The summed E-state index contributed by atoms with van der Waals surface area (Å²) < 4.78 is 8.41. The number of carbonyl (C=O) groups is 1. The van der Waals surface area contributed by atoms with Gasteiger partial charge in [-0.2, -0.15) is 9.78 Å². The summed E-state index contributed by atoms with van der Waals surface area (Å²) in [6.45, 7) is 6.26. The van der Waals surface area contributed by atoms with E-state index in [1.807, 2.05) is 30.3 Å². The minimum absolute atomic E-state index is 0.116. The van der Waals surface area contributed by atoms with Gasteiger partial charge in [-0.05, 0) is 42.7 Å². The highest BCUT2D eigenvalue weighted by Crippen LogP contribution is 2.35. The van der Waals surface area contributed by atoms with Crippen LogP contribution in [0.25, 0.3) is 16.7 Å². The Morgan fingerprint density at radius 2 is 2.00 bits per heavy atom. The lowest BCUT2D eigenvalue weighted by Crippen LogP contribution is -2.37. The highest BCUT2D eigenvalue weighted by molar-refractivity contribution is 5.75. The highest BCUT2D eigenvalue weighted by atomic mass is 16.5. The first-order valence-corrected chi connectivity index (χ1v) is 10.5. The Bertz CT molecular complexity index is 1090. The molecule has 8 nitrogen and oxygen atoms in total. The average Bonchev–Trinajstić information content (AvgIpc) is 3.15. The lowest BCUT2D eigenvalue weighted by Gasteiger charge is -2.36. The zero-order valence-electron chi connectivity index (χ0n) is 17.6. The number of aromatic nitrogens is 5. The molecule has 0 spiro atoms. The Morgan fingerprint density at radius 1 is 1.23 bits per heavy atom. The van der Waals surface area contributed by atoms with Gasteiger partial charge >= 0.3 is 5.97 Å². The van der Waals surface area contributed by atoms with E-state index in [0.29, 0.717) is 28.8 Å². The second-order valence-corrected chi connectivity index (χ2v) is 8.54. The molecule has 3 aromatic rings. The molecule has 1 saturated carbocycles. The van der Waals surface area contributed by atoms with E-state index < -0.39 is 11.5 Å². The number of esters is 1. The van der Waals surface area contributed by atoms with Crippen LogP contribution in [0.3, 0.4) is 0 Å². The van der Waals surface area contributed by atoms with Crippen molar-refractivity contribution in [3.05, 3.63) is 46.9 Å². The monoisotopic (exact) mass is 409 g/mol. The summed E-state index contributed by atoms with van der Waals surface area (Å²) in [5, 5.41) is 12.7. The first-order valence-electron chi connectivity index (χ1n) is 10.5. The molecule has 4 rings (SSSR count). The lowest BCUT2D eigenvalue weighted by atomic mass is 9.75. The fourth-order valence-corrected chi connectivity index (χ4v) is 4.31. The van der Waals surface area contributed by atoms with E-state index in [9.17, 15) is 9.59 Å². The molecule has 30 heavy (non-hydrogen) atoms. The first-order chi connectivity index (χ1) is 14.4. The summed E-state index contributed by atoms with van der Waals surface area (Å²) in [6, 6.07) is 9.39. The molecule has 8 heteroatoms. The average molecular weight is 409 g/mol. The van der Waals surface area contributed by atoms with Crippen LogP contribution in [0.15, 0.2) is 41.3 Å². The predicted octanol–water partition coefficient (Wildman–Crippen LogP) is 2.98. The van der Waals surface area contributed by atoms with Crippen LogP contribution in [0.4, 0.5) is 0 Å². The molecule has 1 aromatic carbocycles. The molecular formula is C22H27N5O3. The van der Waals surface area contributed by atoms with Gasteiger partial charge in [-0.25, -0.2) is 4.68 Å². The van der Waals surface area contributed by atoms with Crippen molar-refractivity contribution in [3.8, 4) is 5.69 Å². The molecule has 0 bridgehead atoms. The Hall–Kier alpha value is -3.03. The summed E-state index contributed by atoms with van der Waals surface area (Å²) in [4.78, 5) is 25.4. The van der Waals surface area contributed by atoms with Crippen LogP contribution in [-0.2, 0) is 16.1 Å². The number of fused-ring (bicyclic) bond motifs is 1. The third-order valence-corrected chi connectivity index (χ3v) is 5.98. The second-order valence-electron chi connectivity index (χ2n) is 8.54. The van der Waals surface area contributed by atoms with Gasteiger partial charge in [-0.3, -0.25) is 9.59 Å². The molecule has 0 unspecified atom stereocenters. The topological polar surface area (TPSA) is 91.9 Å². The number of benzene rings is 1. The maximum absolute atomic E-state index is 12.8. The van der Waals surface area contributed by atoms with Crippen LogP contribution in [-0.4, -0.2) is 36.8 Å². The SMILES string of the molecule is CC(C)[C@@H]1CC[C@H](C)C[C@H]1OC(=O)Cn1nnc2c(cnn2-c2ccccc2)c1=O. The maximum Gasteiger partial charge on any atom is 0.328 e. The van der Waals surface area contributed by atoms with E-state index in [1.165, 1.54) is 6.20 Å². The summed E-state index contributed by atoms with van der Waals surface area (Å²) >= 11 is 0. The van der Waals surface area contributed by atoms with E-state index in [1.54, 1.807) is 4.68 Å². The van der Waals surface area contributed by atoms with E-state index >= 15 is 0 Å². The molecule has 0 saturated heterocycles. The lowest BCUT2D eigenvalue weighted by molar-refractivity contribution is -0.157. The Balaban J connectivity index is 1.53. The number of carbonyl (C=O) groups excluding carboxylic acids is 1. The van der Waals surface area contributed by atoms with Crippen molar-refractivity contribution in [2.75, 3.05) is 0 Å². The van der Waals surface area contributed by atoms with Gasteiger partial charge in [0.1, 0.15) is 18.0 Å². The van der Waals surface area contributed by atoms with Crippen molar-refractivity contribution < 1.29 is 9.53 Å². The van der Waals surface area contributed by atoms with Crippen molar-refractivity contribution in [1.29, 1.82) is 0 Å². The summed E-state index contributed by atoms with van der Waals surface area (Å²) in [7, 11) is 0. The van der Waals surface area contributed by atoms with E-state index in [2.05, 4.69) is 36.2 Å². The highest BCUT2D eigenvalue weighted by Gasteiger charge is 2.33. The Labute approximate surface area is 174 Å². The quantitative estimate of drug-likeness (QED) is 0.602. The summed E-state index contributed by atoms with van der Waals surface area (Å²) in [6.07, 6.45) is 4.41. The van der Waals surface area contributed by atoms with Crippen molar-refractivity contribution in [2.45, 2.75) is 52.7 Å². The van der Waals surface area contributed by atoms with Crippen LogP contribution >= 0.6 is 0 Å². The molecule has 2 heterocycles. The minimum atomic E-state index is -0.453. The zero-order chi connectivity index (χ0) is 21.3. The number of nitrogens with zero attached hydrogens (tertiary/aromatic N) is 5. The molecule has 0 N–H and O–H groups in total. The van der Waals surface area contributed by atoms with E-state index in [0.717, 1.165) is 29.6 Å². The normalized spacial score (nSPS) is 21.8. The molecular weight excluding hydrogens is 382 g/mol. The molecule has 3 atom stereocenters. The fraction of sp³-hybridized carbons (Fsp3) is 0.500. The number of rotatable bonds is 5. The Morgan fingerprint density at radius 3 is 2.73 bits per heavy atom. The van der Waals surface area contributed by atoms with E-state index in [-0.39, 0.29) is 12.6 Å². The zero-order valence-corrected chi connectivity index (χ0v) is 17.6. The molecule has 1 aliphatic carbocycles. The van der Waals surface area contributed by atoms with Gasteiger partial charge in [-0.1, -0.05) is 50.6 Å². The molecule has 0 aliphatic heterocycles. The second kappa shape index (κ2) is 8.38. The minimum Gasteiger partial charge on any atom is -0.461 e. The van der Waals surface area contributed by atoms with E-state index in [4.69, 9.17) is 4.74 Å². The molecule has 1 aliphatic rings. The van der Waals surface area contributed by atoms with Gasteiger partial charge in [0.2, 0.25) is 0 Å². The molecule has 158 valence electrons. The number of hydrogen-bond donors (Lipinski definition) is 0. The smallest absolute Gasteiger partial charge is 0.328 e. The third-order valence-electron chi connectivity index (χ3n) is 5.98. The van der Waals surface area contributed by atoms with Crippen LogP contribution in [0.1, 0.15) is 40.0 Å². The molecule has 0 amide bonds. The molecule has 2 aromatic heterocycles. The number of para-hydroxylation sites is 1. The summed E-state index contributed by atoms with van der Waals surface area (Å²) in [5.41, 5.74) is 0.734. The predicted molar refractivity (Wildman–Crippen MR) is 112 cm³/mol. The van der Waals surface area contributed by atoms with Crippen LogP contribution in [0.2, 0.25) is 0 Å². The largest absolute Gasteiger partial charge is 0.461 e. The number of hydrogen-bond acceptors (Lipinski definition) is 6. The van der Waals surface area contributed by atoms with Gasteiger partial charge in [-0.15, -0.1) is 5.10 Å². The first kappa shape index (κ1) is 20.3. The maximum atomic E-state index is 12.8. The van der Waals surface area contributed by atoms with Gasteiger partial charge in [0.05, 0.1) is 11.9 Å². The molecule has 0 radical (unpaired) electrons. The van der Waals surface area contributed by atoms with Crippen molar-refractivity contribution in [1.82, 2.24) is 24.8 Å². The van der Waals surface area contributed by atoms with Gasteiger partial charge < -0.3 is 4.74 Å². The summed E-state index contributed by atoms with van der Waals surface area (Å²) in [5.74, 6) is 0.865. The van der Waals surface area contributed by atoms with Crippen LogP contribution in [0.5, 0.6) is 0 Å². The number of ether oxygens (including phenoxy) is 1. The fourth-order valence-electron chi connectivity index (χ4n) is 4.31. The van der Waals surface area contributed by atoms with Crippen LogP contribution in [0, 0.1) is 17.8 Å². The third kappa shape index (κ3) is 3.99. The van der Waals surface area contributed by atoms with Crippen LogP contribution < -0.4 is 5.56 Å².